The van der Waals surface area contributed by atoms with E-state index in [9.17, 15) is 4.79 Å². The molecule has 0 spiro atoms. The fraction of sp³-hybridized carbons (Fsp3) is 0.222. The van der Waals surface area contributed by atoms with Gasteiger partial charge in [0.1, 0.15) is 5.75 Å². The highest BCUT2D eigenvalue weighted by Crippen LogP contribution is 2.16. The second-order valence-electron chi connectivity index (χ2n) is 2.45. The molecule has 3 nitrogen and oxygen atoms in total. The van der Waals surface area contributed by atoms with Crippen molar-refractivity contribution in [1.82, 2.24) is 0 Å². The zero-order valence-corrected chi connectivity index (χ0v) is 7.62. The van der Waals surface area contributed by atoms with Crippen molar-refractivity contribution in [2.75, 3.05) is 6.61 Å². The summed E-state index contributed by atoms with van der Waals surface area (Å²) in [6.07, 6.45) is -0.00743. The topological polar surface area (TPSA) is 46.5 Å². The summed E-state index contributed by atoms with van der Waals surface area (Å²) in [6.45, 7) is 0.162. The maximum Gasteiger partial charge on any atom is 0.306 e. The fourth-order valence-electron chi connectivity index (χ4n) is 0.813. The standard InChI is InChI=1S/C9H9ClO3/c10-7-2-1-3-8(6-7)13-5-4-9(11)12/h1-3,6H,4-5H2,(H,11,12). The summed E-state index contributed by atoms with van der Waals surface area (Å²) in [5.74, 6) is -0.282. The highest BCUT2D eigenvalue weighted by atomic mass is 35.5. The van der Waals surface area contributed by atoms with Gasteiger partial charge >= 0.3 is 5.97 Å². The highest BCUT2D eigenvalue weighted by Gasteiger charge is 1.98. The van der Waals surface area contributed by atoms with Gasteiger partial charge in [-0.3, -0.25) is 4.79 Å². The van der Waals surface area contributed by atoms with Crippen LogP contribution in [0.2, 0.25) is 5.02 Å². The molecule has 0 unspecified atom stereocenters. The van der Waals surface area contributed by atoms with Crippen molar-refractivity contribution >= 4 is 17.6 Å². The molecule has 0 aliphatic rings. The van der Waals surface area contributed by atoms with Crippen molar-refractivity contribution in [2.24, 2.45) is 0 Å². The summed E-state index contributed by atoms with van der Waals surface area (Å²) >= 11 is 5.69. The first kappa shape index (κ1) is 9.86. The van der Waals surface area contributed by atoms with Crippen molar-refractivity contribution in [2.45, 2.75) is 6.42 Å². The number of carboxylic acids is 1. The summed E-state index contributed by atoms with van der Waals surface area (Å²) in [5.41, 5.74) is 0. The Hall–Kier alpha value is -1.22. The molecule has 70 valence electrons. The minimum absolute atomic E-state index is 0.00743. The van der Waals surface area contributed by atoms with E-state index in [0.29, 0.717) is 10.8 Å². The zero-order valence-electron chi connectivity index (χ0n) is 6.87. The molecule has 1 aromatic rings. The number of carbonyl (C=O) groups is 1. The van der Waals surface area contributed by atoms with Gasteiger partial charge < -0.3 is 9.84 Å². The maximum absolute atomic E-state index is 10.2. The number of carboxylic acid groups (broad SMARTS) is 1. The molecule has 0 aliphatic carbocycles. The molecule has 0 heterocycles. The third kappa shape index (κ3) is 3.80. The van der Waals surface area contributed by atoms with Gasteiger partial charge in [-0.15, -0.1) is 0 Å². The Morgan fingerprint density at radius 1 is 1.54 bits per heavy atom. The predicted octanol–water partition coefficient (Wildman–Crippen LogP) is 2.19. The Bertz CT molecular complexity index is 299. The summed E-state index contributed by atoms with van der Waals surface area (Å²) in [7, 11) is 0. The lowest BCUT2D eigenvalue weighted by molar-refractivity contribution is -0.137. The molecule has 0 atom stereocenters. The molecule has 0 aromatic heterocycles. The van der Waals surface area contributed by atoms with Crippen molar-refractivity contribution in [3.05, 3.63) is 29.3 Å². The monoisotopic (exact) mass is 200 g/mol. The molecule has 0 bridgehead atoms. The number of ether oxygens (including phenoxy) is 1. The van der Waals surface area contributed by atoms with Crippen LogP contribution in [0.1, 0.15) is 6.42 Å². The smallest absolute Gasteiger partial charge is 0.306 e. The third-order valence-corrected chi connectivity index (χ3v) is 1.62. The normalized spacial score (nSPS) is 9.62. The molecule has 1 N–H and O–H groups in total. The molecular formula is C9H9ClO3. The summed E-state index contributed by atoms with van der Waals surface area (Å²) < 4.78 is 5.13. The molecule has 1 rings (SSSR count). The second-order valence-corrected chi connectivity index (χ2v) is 2.89. The lowest BCUT2D eigenvalue weighted by Gasteiger charge is -2.03. The van der Waals surface area contributed by atoms with Crippen LogP contribution in [-0.2, 0) is 4.79 Å². The molecule has 0 radical (unpaired) electrons. The van der Waals surface area contributed by atoms with E-state index < -0.39 is 5.97 Å². The van der Waals surface area contributed by atoms with Crippen molar-refractivity contribution < 1.29 is 14.6 Å². The van der Waals surface area contributed by atoms with Crippen LogP contribution in [0.25, 0.3) is 0 Å². The number of benzene rings is 1. The first-order valence-electron chi connectivity index (χ1n) is 3.78. The SMILES string of the molecule is O=C(O)CCOc1cccc(Cl)c1. The zero-order chi connectivity index (χ0) is 9.68. The fourth-order valence-corrected chi connectivity index (χ4v) is 0.993. The van der Waals surface area contributed by atoms with Gasteiger partial charge in [-0.1, -0.05) is 17.7 Å². The van der Waals surface area contributed by atoms with Gasteiger partial charge in [-0.25, -0.2) is 0 Å². The van der Waals surface area contributed by atoms with E-state index in [0.717, 1.165) is 0 Å². The first-order valence-corrected chi connectivity index (χ1v) is 4.16. The van der Waals surface area contributed by atoms with Gasteiger partial charge in [0.15, 0.2) is 0 Å². The Kier molecular flexibility index (Phi) is 3.58. The van der Waals surface area contributed by atoms with Crippen LogP contribution >= 0.6 is 11.6 Å². The van der Waals surface area contributed by atoms with E-state index in [-0.39, 0.29) is 13.0 Å². The molecule has 0 amide bonds. The lowest BCUT2D eigenvalue weighted by Crippen LogP contribution is -2.04. The van der Waals surface area contributed by atoms with Crippen LogP contribution in [0.15, 0.2) is 24.3 Å². The Labute approximate surface area is 80.9 Å². The minimum atomic E-state index is -0.873. The number of hydrogen-bond donors (Lipinski definition) is 1. The summed E-state index contributed by atoms with van der Waals surface area (Å²) in [5, 5.41) is 8.92. The number of aliphatic carboxylic acids is 1. The third-order valence-electron chi connectivity index (χ3n) is 1.38. The highest BCUT2D eigenvalue weighted by molar-refractivity contribution is 6.30. The van der Waals surface area contributed by atoms with Crippen molar-refractivity contribution in [1.29, 1.82) is 0 Å². The molecule has 0 aliphatic heterocycles. The Morgan fingerprint density at radius 3 is 2.92 bits per heavy atom. The van der Waals surface area contributed by atoms with Gasteiger partial charge in [0.25, 0.3) is 0 Å². The van der Waals surface area contributed by atoms with E-state index in [1.54, 1.807) is 24.3 Å². The van der Waals surface area contributed by atoms with E-state index in [1.807, 2.05) is 0 Å². The summed E-state index contributed by atoms with van der Waals surface area (Å²) in [6, 6.07) is 6.85. The van der Waals surface area contributed by atoms with Gasteiger partial charge in [0, 0.05) is 5.02 Å². The van der Waals surface area contributed by atoms with Gasteiger partial charge in [-0.05, 0) is 18.2 Å². The van der Waals surface area contributed by atoms with Gasteiger partial charge in [-0.2, -0.15) is 0 Å². The first-order chi connectivity index (χ1) is 6.18. The molecule has 1 aromatic carbocycles. The maximum atomic E-state index is 10.2. The van der Waals surface area contributed by atoms with Crippen molar-refractivity contribution in [3.63, 3.8) is 0 Å². The average Bonchev–Trinajstić information content (AvgIpc) is 2.03. The molecular weight excluding hydrogens is 192 g/mol. The van der Waals surface area contributed by atoms with Gasteiger partial charge in [0.05, 0.1) is 13.0 Å². The Balaban J connectivity index is 2.41. The van der Waals surface area contributed by atoms with Crippen LogP contribution in [0, 0.1) is 0 Å². The van der Waals surface area contributed by atoms with Crippen LogP contribution < -0.4 is 4.74 Å². The quantitative estimate of drug-likeness (QED) is 0.811. The largest absolute Gasteiger partial charge is 0.493 e. The van der Waals surface area contributed by atoms with Crippen LogP contribution in [0.5, 0.6) is 5.75 Å². The number of hydrogen-bond acceptors (Lipinski definition) is 2. The average molecular weight is 201 g/mol. The number of halogens is 1. The Morgan fingerprint density at radius 2 is 2.31 bits per heavy atom. The molecule has 0 saturated carbocycles. The molecule has 4 heteroatoms. The van der Waals surface area contributed by atoms with Gasteiger partial charge in [0.2, 0.25) is 0 Å². The van der Waals surface area contributed by atoms with E-state index in [4.69, 9.17) is 21.4 Å². The molecule has 0 fully saturated rings. The predicted molar refractivity (Wildman–Crippen MR) is 49.2 cm³/mol. The van der Waals surface area contributed by atoms with E-state index in [1.165, 1.54) is 0 Å². The van der Waals surface area contributed by atoms with Crippen LogP contribution in [0.4, 0.5) is 0 Å². The molecule has 13 heavy (non-hydrogen) atoms. The lowest BCUT2D eigenvalue weighted by atomic mass is 10.3. The molecule has 0 saturated heterocycles. The van der Waals surface area contributed by atoms with Crippen molar-refractivity contribution in [3.8, 4) is 5.75 Å². The van der Waals surface area contributed by atoms with Crippen LogP contribution in [0.3, 0.4) is 0 Å². The van der Waals surface area contributed by atoms with E-state index in [2.05, 4.69) is 0 Å². The summed E-state index contributed by atoms with van der Waals surface area (Å²) in [4.78, 5) is 10.2. The van der Waals surface area contributed by atoms with E-state index >= 15 is 0 Å². The second kappa shape index (κ2) is 4.72. The minimum Gasteiger partial charge on any atom is -0.493 e. The number of rotatable bonds is 4. The van der Waals surface area contributed by atoms with Crippen LogP contribution in [-0.4, -0.2) is 17.7 Å².